The number of nitrogens with one attached hydrogen (secondary N) is 1. The lowest BCUT2D eigenvalue weighted by atomic mass is 10.1. The Hall–Kier alpha value is -2.33. The van der Waals surface area contributed by atoms with E-state index in [1.165, 1.54) is 5.56 Å². The molecule has 0 aliphatic rings. The van der Waals surface area contributed by atoms with Gasteiger partial charge < -0.3 is 15.8 Å². The highest BCUT2D eigenvalue weighted by Gasteiger charge is 2.12. The van der Waals surface area contributed by atoms with Crippen LogP contribution >= 0.6 is 0 Å². The van der Waals surface area contributed by atoms with Crippen molar-refractivity contribution < 1.29 is 9.53 Å². The molecule has 3 N–H and O–H groups in total. The number of ether oxygens (including phenoxy) is 1. The van der Waals surface area contributed by atoms with Gasteiger partial charge in [0.1, 0.15) is 6.04 Å². The van der Waals surface area contributed by atoms with E-state index in [9.17, 15) is 4.79 Å². The molecular weight excluding hydrogens is 288 g/mol. The first kappa shape index (κ1) is 17.0. The Morgan fingerprint density at radius 1 is 1.13 bits per heavy atom. The van der Waals surface area contributed by atoms with Gasteiger partial charge in [0, 0.05) is 5.69 Å². The topological polar surface area (TPSA) is 64.3 Å². The Bertz CT molecular complexity index is 614. The molecule has 2 aromatic carbocycles. The zero-order chi connectivity index (χ0) is 16.5. The number of amides is 1. The second kappa shape index (κ2) is 8.96. The predicted molar refractivity (Wildman–Crippen MR) is 93.1 cm³/mol. The quantitative estimate of drug-likeness (QED) is 0.699. The van der Waals surface area contributed by atoms with Gasteiger partial charge in [0.05, 0.1) is 13.2 Å². The number of carbonyl (C=O) groups excluding carboxylic acids is 1. The third kappa shape index (κ3) is 5.75. The van der Waals surface area contributed by atoms with E-state index in [4.69, 9.17) is 10.5 Å². The molecule has 4 heteroatoms. The van der Waals surface area contributed by atoms with Crippen LogP contribution in [0.15, 0.2) is 54.6 Å². The van der Waals surface area contributed by atoms with Crippen LogP contribution < -0.4 is 11.1 Å². The highest BCUT2D eigenvalue weighted by atomic mass is 16.5. The third-order valence-electron chi connectivity index (χ3n) is 3.67. The van der Waals surface area contributed by atoms with Gasteiger partial charge in [-0.3, -0.25) is 4.79 Å². The summed E-state index contributed by atoms with van der Waals surface area (Å²) in [4.78, 5) is 11.3. The molecule has 0 aromatic heterocycles. The van der Waals surface area contributed by atoms with Crippen molar-refractivity contribution in [2.75, 3.05) is 11.9 Å². The van der Waals surface area contributed by atoms with Crippen molar-refractivity contribution in [1.82, 2.24) is 0 Å². The zero-order valence-corrected chi connectivity index (χ0v) is 13.5. The van der Waals surface area contributed by atoms with Gasteiger partial charge in [-0.05, 0) is 36.1 Å². The number of hydrogen-bond acceptors (Lipinski definition) is 3. The third-order valence-corrected chi connectivity index (χ3v) is 3.67. The van der Waals surface area contributed by atoms with E-state index in [1.54, 1.807) is 0 Å². The van der Waals surface area contributed by atoms with Crippen molar-refractivity contribution in [3.63, 3.8) is 0 Å². The molecule has 1 atom stereocenters. The van der Waals surface area contributed by atoms with Crippen LogP contribution in [0.2, 0.25) is 0 Å². The minimum absolute atomic E-state index is 0.336. The summed E-state index contributed by atoms with van der Waals surface area (Å²) in [5.74, 6) is -0.336. The summed E-state index contributed by atoms with van der Waals surface area (Å²) in [6.07, 6.45) is 1.56. The van der Waals surface area contributed by atoms with Gasteiger partial charge in [0.2, 0.25) is 5.91 Å². The van der Waals surface area contributed by atoms with Crippen molar-refractivity contribution in [3.8, 4) is 0 Å². The number of benzene rings is 2. The molecule has 0 spiro atoms. The predicted octanol–water partition coefficient (Wildman–Crippen LogP) is 3.12. The van der Waals surface area contributed by atoms with Crippen molar-refractivity contribution in [3.05, 3.63) is 65.7 Å². The maximum Gasteiger partial charge on any atom is 0.239 e. The van der Waals surface area contributed by atoms with Crippen LogP contribution in [-0.2, 0) is 22.6 Å². The first-order valence-corrected chi connectivity index (χ1v) is 7.95. The number of rotatable bonds is 9. The number of anilines is 1. The first-order chi connectivity index (χ1) is 11.2. The summed E-state index contributed by atoms with van der Waals surface area (Å²) >= 11 is 0. The molecule has 4 nitrogen and oxygen atoms in total. The Kier molecular flexibility index (Phi) is 6.63. The zero-order valence-electron chi connectivity index (χ0n) is 13.5. The lowest BCUT2D eigenvalue weighted by Gasteiger charge is -2.15. The van der Waals surface area contributed by atoms with Crippen LogP contribution in [0.25, 0.3) is 0 Å². The molecule has 0 aliphatic heterocycles. The fourth-order valence-electron chi connectivity index (χ4n) is 2.35. The van der Waals surface area contributed by atoms with E-state index in [1.807, 2.05) is 49.4 Å². The fraction of sp³-hybridized carbons (Fsp3) is 0.316. The second-order valence-electron chi connectivity index (χ2n) is 5.50. The Morgan fingerprint density at radius 3 is 2.57 bits per heavy atom. The minimum Gasteiger partial charge on any atom is -0.376 e. The summed E-state index contributed by atoms with van der Waals surface area (Å²) in [6, 6.07) is 17.8. The van der Waals surface area contributed by atoms with Crippen molar-refractivity contribution in [2.24, 2.45) is 5.73 Å². The molecule has 0 saturated carbocycles. The molecule has 0 heterocycles. The SMILES string of the molecule is CC[C@H](Nc1cccc(COCCc2ccccc2)c1)C(N)=O. The van der Waals surface area contributed by atoms with E-state index in [0.29, 0.717) is 19.6 Å². The van der Waals surface area contributed by atoms with Gasteiger partial charge in [-0.25, -0.2) is 0 Å². The number of carbonyl (C=O) groups is 1. The molecule has 2 rings (SSSR count). The maximum atomic E-state index is 11.3. The first-order valence-electron chi connectivity index (χ1n) is 7.95. The molecule has 0 bridgehead atoms. The highest BCUT2D eigenvalue weighted by Crippen LogP contribution is 2.14. The summed E-state index contributed by atoms with van der Waals surface area (Å²) in [5.41, 5.74) is 8.59. The van der Waals surface area contributed by atoms with E-state index >= 15 is 0 Å². The van der Waals surface area contributed by atoms with Crippen molar-refractivity contribution >= 4 is 11.6 Å². The smallest absolute Gasteiger partial charge is 0.239 e. The largest absolute Gasteiger partial charge is 0.376 e. The Morgan fingerprint density at radius 2 is 1.87 bits per heavy atom. The molecule has 23 heavy (non-hydrogen) atoms. The Balaban J connectivity index is 1.81. The van der Waals surface area contributed by atoms with E-state index in [2.05, 4.69) is 17.4 Å². The van der Waals surface area contributed by atoms with Gasteiger partial charge in [0.25, 0.3) is 0 Å². The van der Waals surface area contributed by atoms with Gasteiger partial charge in [-0.2, -0.15) is 0 Å². The van der Waals surface area contributed by atoms with Crippen molar-refractivity contribution in [1.29, 1.82) is 0 Å². The summed E-state index contributed by atoms with van der Waals surface area (Å²) in [6.45, 7) is 3.16. The lowest BCUT2D eigenvalue weighted by molar-refractivity contribution is -0.118. The molecule has 0 fully saturated rings. The van der Waals surface area contributed by atoms with Gasteiger partial charge in [0.15, 0.2) is 0 Å². The van der Waals surface area contributed by atoms with Crippen LogP contribution in [0.1, 0.15) is 24.5 Å². The fourth-order valence-corrected chi connectivity index (χ4v) is 2.35. The van der Waals surface area contributed by atoms with Crippen LogP contribution in [0.3, 0.4) is 0 Å². The van der Waals surface area contributed by atoms with E-state index < -0.39 is 0 Å². The molecule has 0 aliphatic carbocycles. The summed E-state index contributed by atoms with van der Waals surface area (Å²) < 4.78 is 5.74. The number of hydrogen-bond donors (Lipinski definition) is 2. The normalized spacial score (nSPS) is 11.9. The lowest BCUT2D eigenvalue weighted by Crippen LogP contribution is -2.34. The Labute approximate surface area is 137 Å². The molecule has 122 valence electrons. The number of nitrogens with two attached hydrogens (primary N) is 1. The summed E-state index contributed by atoms with van der Waals surface area (Å²) in [7, 11) is 0. The van der Waals surface area contributed by atoms with Crippen LogP contribution in [-0.4, -0.2) is 18.6 Å². The maximum absolute atomic E-state index is 11.3. The van der Waals surface area contributed by atoms with Crippen LogP contribution in [0.5, 0.6) is 0 Å². The van der Waals surface area contributed by atoms with Gasteiger partial charge >= 0.3 is 0 Å². The molecule has 0 radical (unpaired) electrons. The summed E-state index contributed by atoms with van der Waals surface area (Å²) in [5, 5.41) is 3.15. The van der Waals surface area contributed by atoms with E-state index in [-0.39, 0.29) is 11.9 Å². The van der Waals surface area contributed by atoms with E-state index in [0.717, 1.165) is 17.7 Å². The second-order valence-corrected chi connectivity index (χ2v) is 5.50. The van der Waals surface area contributed by atoms with Gasteiger partial charge in [-0.15, -0.1) is 0 Å². The number of primary amides is 1. The average Bonchev–Trinajstić information content (AvgIpc) is 2.57. The van der Waals surface area contributed by atoms with Crippen molar-refractivity contribution in [2.45, 2.75) is 32.4 Å². The monoisotopic (exact) mass is 312 g/mol. The van der Waals surface area contributed by atoms with Crippen LogP contribution in [0, 0.1) is 0 Å². The average molecular weight is 312 g/mol. The molecule has 1 amide bonds. The molecule has 2 aromatic rings. The van der Waals surface area contributed by atoms with Crippen LogP contribution in [0.4, 0.5) is 5.69 Å². The molecule has 0 saturated heterocycles. The molecule has 0 unspecified atom stereocenters. The molecular formula is C19H24N2O2. The highest BCUT2D eigenvalue weighted by molar-refractivity contribution is 5.82. The minimum atomic E-state index is -0.343. The standard InChI is InChI=1S/C19H24N2O2/c1-2-18(19(20)22)21-17-10-6-9-16(13-17)14-23-12-11-15-7-4-3-5-8-15/h3-10,13,18,21H,2,11-12,14H2,1H3,(H2,20,22)/t18-/m0/s1. The van der Waals surface area contributed by atoms with Gasteiger partial charge in [-0.1, -0.05) is 49.4 Å².